The topological polar surface area (TPSA) is 59.7 Å². The second kappa shape index (κ2) is 6.86. The van der Waals surface area contributed by atoms with Gasteiger partial charge in [-0.05, 0) is 18.6 Å². The van der Waals surface area contributed by atoms with E-state index in [-0.39, 0.29) is 6.04 Å². The van der Waals surface area contributed by atoms with Gasteiger partial charge in [0.1, 0.15) is 17.5 Å². The molecule has 0 spiro atoms. The van der Waals surface area contributed by atoms with Crippen molar-refractivity contribution in [2.75, 3.05) is 11.4 Å². The Bertz CT molecular complexity index is 886. The molecule has 1 unspecified atom stereocenters. The average molecular weight is 348 g/mol. The van der Waals surface area contributed by atoms with Gasteiger partial charge >= 0.3 is 0 Å². The number of fused-ring (bicyclic) bond motifs is 1. The van der Waals surface area contributed by atoms with Gasteiger partial charge in [-0.1, -0.05) is 44.2 Å². The summed E-state index contributed by atoms with van der Waals surface area (Å²) in [4.78, 5) is 11.6. The fourth-order valence-corrected chi connectivity index (χ4v) is 3.56. The van der Waals surface area contributed by atoms with Crippen molar-refractivity contribution in [3.63, 3.8) is 0 Å². The largest absolute Gasteiger partial charge is 0.345 e. The van der Waals surface area contributed by atoms with Crippen LogP contribution in [0.4, 0.5) is 5.82 Å². The molecule has 6 nitrogen and oxygen atoms in total. The molecule has 0 aliphatic carbocycles. The van der Waals surface area contributed by atoms with E-state index in [2.05, 4.69) is 57.6 Å². The fourth-order valence-electron chi connectivity index (χ4n) is 3.56. The van der Waals surface area contributed by atoms with Crippen LogP contribution in [-0.4, -0.2) is 31.3 Å². The summed E-state index contributed by atoms with van der Waals surface area (Å²) in [5.41, 5.74) is 1.22. The van der Waals surface area contributed by atoms with Crippen molar-refractivity contribution in [1.82, 2.24) is 24.7 Å². The summed E-state index contributed by atoms with van der Waals surface area (Å²) in [6, 6.07) is 12.5. The Kier molecular flexibility index (Phi) is 4.41. The van der Waals surface area contributed by atoms with Crippen molar-refractivity contribution in [2.24, 2.45) is 0 Å². The highest BCUT2D eigenvalue weighted by Gasteiger charge is 2.29. The third-order valence-corrected chi connectivity index (χ3v) is 4.92. The number of hydrogen-bond donors (Lipinski definition) is 0. The molecule has 4 rings (SSSR count). The van der Waals surface area contributed by atoms with Crippen LogP contribution in [0.1, 0.15) is 55.8 Å². The molecule has 1 aromatic carbocycles. The van der Waals surface area contributed by atoms with Crippen LogP contribution in [0.25, 0.3) is 0 Å². The molecule has 0 fully saturated rings. The van der Waals surface area contributed by atoms with Gasteiger partial charge in [0, 0.05) is 31.6 Å². The lowest BCUT2D eigenvalue weighted by Gasteiger charge is -2.35. The summed E-state index contributed by atoms with van der Waals surface area (Å²) in [7, 11) is 0. The van der Waals surface area contributed by atoms with Gasteiger partial charge in [0.2, 0.25) is 0 Å². The van der Waals surface area contributed by atoms with Gasteiger partial charge in [-0.15, -0.1) is 10.2 Å². The van der Waals surface area contributed by atoms with Crippen LogP contribution < -0.4 is 4.90 Å². The molecule has 3 heterocycles. The summed E-state index contributed by atoms with van der Waals surface area (Å²) in [6.45, 7) is 8.28. The van der Waals surface area contributed by atoms with Gasteiger partial charge in [0.15, 0.2) is 5.82 Å². The van der Waals surface area contributed by atoms with E-state index in [4.69, 9.17) is 4.98 Å². The molecule has 26 heavy (non-hydrogen) atoms. The predicted molar refractivity (Wildman–Crippen MR) is 101 cm³/mol. The summed E-state index contributed by atoms with van der Waals surface area (Å²) in [5.74, 6) is 4.27. The van der Waals surface area contributed by atoms with Gasteiger partial charge in [-0.3, -0.25) is 0 Å². The lowest BCUT2D eigenvalue weighted by atomic mass is 10.1. The number of aromatic nitrogens is 5. The van der Waals surface area contributed by atoms with Crippen molar-refractivity contribution < 1.29 is 0 Å². The SMILES string of the molecule is CC(C)c1nnc2n1CCN(c1ccnc(Cc3ccccc3)n1)C2C. The lowest BCUT2D eigenvalue weighted by Crippen LogP contribution is -2.38. The predicted octanol–water partition coefficient (Wildman–Crippen LogP) is 3.36. The highest BCUT2D eigenvalue weighted by atomic mass is 15.4. The molecular weight excluding hydrogens is 324 g/mol. The Morgan fingerprint density at radius 2 is 1.88 bits per heavy atom. The van der Waals surface area contributed by atoms with Crippen LogP contribution in [0.5, 0.6) is 0 Å². The zero-order chi connectivity index (χ0) is 18.1. The summed E-state index contributed by atoms with van der Waals surface area (Å²) < 4.78 is 2.26. The third kappa shape index (κ3) is 3.07. The molecule has 0 saturated heterocycles. The molecule has 134 valence electrons. The second-order valence-corrected chi connectivity index (χ2v) is 7.09. The highest BCUT2D eigenvalue weighted by Crippen LogP contribution is 2.30. The maximum atomic E-state index is 4.81. The van der Waals surface area contributed by atoms with E-state index in [0.717, 1.165) is 42.8 Å². The maximum absolute atomic E-state index is 4.81. The Labute approximate surface area is 153 Å². The minimum atomic E-state index is 0.142. The van der Waals surface area contributed by atoms with Crippen LogP contribution in [-0.2, 0) is 13.0 Å². The summed E-state index contributed by atoms with van der Waals surface area (Å²) in [5, 5.41) is 8.86. The second-order valence-electron chi connectivity index (χ2n) is 7.09. The molecule has 1 aliphatic rings. The Hall–Kier alpha value is -2.76. The number of hydrogen-bond acceptors (Lipinski definition) is 5. The van der Waals surface area contributed by atoms with Crippen molar-refractivity contribution in [1.29, 1.82) is 0 Å². The molecule has 1 aliphatic heterocycles. The normalized spacial score (nSPS) is 16.8. The first-order valence-electron chi connectivity index (χ1n) is 9.19. The van der Waals surface area contributed by atoms with Crippen LogP contribution >= 0.6 is 0 Å². The maximum Gasteiger partial charge on any atom is 0.155 e. The van der Waals surface area contributed by atoms with Crippen molar-refractivity contribution in [2.45, 2.75) is 45.7 Å². The van der Waals surface area contributed by atoms with Gasteiger partial charge < -0.3 is 9.47 Å². The van der Waals surface area contributed by atoms with Crippen LogP contribution in [0.3, 0.4) is 0 Å². The zero-order valence-electron chi connectivity index (χ0n) is 15.5. The number of nitrogens with zero attached hydrogens (tertiary/aromatic N) is 6. The van der Waals surface area contributed by atoms with Crippen molar-refractivity contribution in [3.05, 3.63) is 65.6 Å². The van der Waals surface area contributed by atoms with E-state index in [1.807, 2.05) is 30.5 Å². The smallest absolute Gasteiger partial charge is 0.155 e. The minimum Gasteiger partial charge on any atom is -0.345 e. The van der Waals surface area contributed by atoms with Crippen LogP contribution in [0, 0.1) is 0 Å². The molecule has 3 aromatic rings. The minimum absolute atomic E-state index is 0.142. The van der Waals surface area contributed by atoms with Crippen LogP contribution in [0.2, 0.25) is 0 Å². The van der Waals surface area contributed by atoms with Gasteiger partial charge in [0.25, 0.3) is 0 Å². The number of rotatable bonds is 4. The van der Waals surface area contributed by atoms with Crippen molar-refractivity contribution in [3.8, 4) is 0 Å². The third-order valence-electron chi connectivity index (χ3n) is 4.92. The van der Waals surface area contributed by atoms with E-state index < -0.39 is 0 Å². The molecule has 0 saturated carbocycles. The van der Waals surface area contributed by atoms with Crippen molar-refractivity contribution >= 4 is 5.82 Å². The Morgan fingerprint density at radius 3 is 2.65 bits per heavy atom. The summed E-state index contributed by atoms with van der Waals surface area (Å²) in [6.07, 6.45) is 2.59. The van der Waals surface area contributed by atoms with E-state index in [1.54, 1.807) is 0 Å². The monoisotopic (exact) mass is 348 g/mol. The summed E-state index contributed by atoms with van der Waals surface area (Å²) >= 11 is 0. The molecule has 0 radical (unpaired) electrons. The first-order valence-corrected chi connectivity index (χ1v) is 9.19. The zero-order valence-corrected chi connectivity index (χ0v) is 15.5. The number of benzene rings is 1. The molecule has 1 atom stereocenters. The molecular formula is C20H24N6. The van der Waals surface area contributed by atoms with Gasteiger partial charge in [-0.25, -0.2) is 9.97 Å². The van der Waals surface area contributed by atoms with Gasteiger partial charge in [0.05, 0.1) is 6.04 Å². The fraction of sp³-hybridized carbons (Fsp3) is 0.400. The standard InChI is InChI=1S/C20H24N6/c1-14(2)19-23-24-20-15(3)25(11-12-26(19)20)18-9-10-21-17(22-18)13-16-7-5-4-6-8-16/h4-10,14-15H,11-13H2,1-3H3. The van der Waals surface area contributed by atoms with E-state index in [1.165, 1.54) is 5.56 Å². The molecule has 0 amide bonds. The van der Waals surface area contributed by atoms with Gasteiger partial charge in [-0.2, -0.15) is 0 Å². The number of anilines is 1. The van der Waals surface area contributed by atoms with Crippen LogP contribution in [0.15, 0.2) is 42.6 Å². The molecule has 0 bridgehead atoms. The Morgan fingerprint density at radius 1 is 1.08 bits per heavy atom. The average Bonchev–Trinajstić information content (AvgIpc) is 3.08. The molecule has 0 N–H and O–H groups in total. The van der Waals surface area contributed by atoms with E-state index in [0.29, 0.717) is 5.92 Å². The highest BCUT2D eigenvalue weighted by molar-refractivity contribution is 5.41. The molecule has 6 heteroatoms. The quantitative estimate of drug-likeness (QED) is 0.723. The Balaban J connectivity index is 1.59. The van der Waals surface area contributed by atoms with E-state index >= 15 is 0 Å². The first-order chi connectivity index (χ1) is 12.6. The first kappa shape index (κ1) is 16.7. The lowest BCUT2D eigenvalue weighted by molar-refractivity contribution is 0.476. The van der Waals surface area contributed by atoms with E-state index in [9.17, 15) is 0 Å². The molecule has 2 aromatic heterocycles.